The van der Waals surface area contributed by atoms with Gasteiger partial charge in [-0.2, -0.15) is 0 Å². The summed E-state index contributed by atoms with van der Waals surface area (Å²) in [5.41, 5.74) is -0.536. The number of nitrogens with zero attached hydrogens (tertiary/aromatic N) is 2. The van der Waals surface area contributed by atoms with Gasteiger partial charge in [-0.1, -0.05) is 49.6 Å². The van der Waals surface area contributed by atoms with E-state index in [1.165, 1.54) is 11.0 Å². The maximum absolute atomic E-state index is 14.7. The van der Waals surface area contributed by atoms with Crippen molar-refractivity contribution in [1.82, 2.24) is 19.9 Å². The van der Waals surface area contributed by atoms with Gasteiger partial charge in [-0.3, -0.25) is 23.9 Å². The van der Waals surface area contributed by atoms with Crippen molar-refractivity contribution < 1.29 is 37.1 Å². The lowest BCUT2D eigenvalue weighted by Crippen LogP contribution is -2.57. The van der Waals surface area contributed by atoms with Gasteiger partial charge in [-0.05, 0) is 80.4 Å². The minimum atomic E-state index is -3.87. The molecule has 1 saturated heterocycles. The maximum atomic E-state index is 14.7. The first-order chi connectivity index (χ1) is 25.1. The Morgan fingerprint density at radius 3 is 2.60 bits per heavy atom. The van der Waals surface area contributed by atoms with Gasteiger partial charge in [0, 0.05) is 23.9 Å². The number of pyridine rings is 1. The van der Waals surface area contributed by atoms with Gasteiger partial charge in [0.1, 0.15) is 17.7 Å². The second-order valence-corrected chi connectivity index (χ2v) is 17.0. The number of hydrogen-bond donors (Lipinski definition) is 2. The number of carbonyl (C=O) groups excluding carboxylic acids is 4. The van der Waals surface area contributed by atoms with E-state index in [9.17, 15) is 27.6 Å². The number of amides is 3. The van der Waals surface area contributed by atoms with Crippen LogP contribution in [-0.4, -0.2) is 78.1 Å². The molecule has 5 aliphatic rings. The molecule has 3 amide bonds. The van der Waals surface area contributed by atoms with Crippen LogP contribution >= 0.6 is 0 Å². The summed E-state index contributed by atoms with van der Waals surface area (Å²) in [4.78, 5) is 61.9. The number of carbonyl (C=O) groups is 4. The van der Waals surface area contributed by atoms with E-state index in [4.69, 9.17) is 9.47 Å². The third-order valence-electron chi connectivity index (χ3n) is 11.4. The highest BCUT2D eigenvalue weighted by Gasteiger charge is 2.62. The van der Waals surface area contributed by atoms with Crippen LogP contribution in [0, 0.1) is 17.8 Å². The number of hydrogen-bond acceptors (Lipinski definition) is 9. The summed E-state index contributed by atoms with van der Waals surface area (Å²) < 4.78 is 39.8. The zero-order valence-electron chi connectivity index (χ0n) is 29.5. The van der Waals surface area contributed by atoms with Crippen molar-refractivity contribution in [2.75, 3.05) is 13.2 Å². The Kier molecular flexibility index (Phi) is 10.4. The molecule has 2 aliphatic heterocycles. The number of nitrogens with one attached hydrogen (secondary N) is 2. The van der Waals surface area contributed by atoms with Gasteiger partial charge >= 0.3 is 5.97 Å². The van der Waals surface area contributed by atoms with Crippen LogP contribution in [0.25, 0.3) is 16.8 Å². The minimum Gasteiger partial charge on any atom is -0.472 e. The first kappa shape index (κ1) is 36.1. The van der Waals surface area contributed by atoms with Crippen molar-refractivity contribution in [2.45, 2.75) is 106 Å². The van der Waals surface area contributed by atoms with Crippen LogP contribution in [0.4, 0.5) is 0 Å². The molecule has 0 spiro atoms. The number of esters is 1. The average molecular weight is 733 g/mol. The lowest BCUT2D eigenvalue weighted by Gasteiger charge is -2.34. The van der Waals surface area contributed by atoms with Crippen LogP contribution in [0.3, 0.4) is 0 Å². The molecule has 12 nitrogen and oxygen atoms in total. The SMILES string of the molecule is C=C[C@@H]1C[C@]1(NC(=O)[C@@H]1C[C@@H]2CN1C(=O)[C@H](C1CCCCC1)CC(=O)OCCCC/C=C/c1ccc3ccnc(c3c1)O2)C(=O)NS(=O)(=O)C1CC1. The van der Waals surface area contributed by atoms with Gasteiger partial charge in [0.2, 0.25) is 27.7 Å². The number of aromatic nitrogens is 1. The molecule has 52 heavy (non-hydrogen) atoms. The number of rotatable bonds is 7. The summed E-state index contributed by atoms with van der Waals surface area (Å²) >= 11 is 0. The molecule has 278 valence electrons. The molecule has 3 saturated carbocycles. The van der Waals surface area contributed by atoms with Crippen LogP contribution in [-0.2, 0) is 33.9 Å². The maximum Gasteiger partial charge on any atom is 0.306 e. The Balaban J connectivity index is 1.21. The average Bonchev–Trinajstić information content (AvgIpc) is 4.07. The van der Waals surface area contributed by atoms with Crippen LogP contribution in [0.1, 0.15) is 89.0 Å². The third kappa shape index (κ3) is 7.74. The minimum absolute atomic E-state index is 0.0480. The molecule has 7 rings (SSSR count). The Labute approximate surface area is 304 Å². The third-order valence-corrected chi connectivity index (χ3v) is 13.2. The molecule has 4 bridgehead atoms. The topological polar surface area (TPSA) is 161 Å². The molecule has 3 aliphatic carbocycles. The van der Waals surface area contributed by atoms with E-state index < -0.39 is 62.6 Å². The predicted molar refractivity (Wildman–Crippen MR) is 194 cm³/mol. The Bertz CT molecular complexity index is 1870. The van der Waals surface area contributed by atoms with E-state index in [2.05, 4.69) is 27.7 Å². The summed E-state index contributed by atoms with van der Waals surface area (Å²) in [6, 6.07) is 6.88. The smallest absolute Gasteiger partial charge is 0.306 e. The van der Waals surface area contributed by atoms with Crippen molar-refractivity contribution in [3.63, 3.8) is 0 Å². The van der Waals surface area contributed by atoms with E-state index in [1.807, 2.05) is 30.3 Å². The quantitative estimate of drug-likeness (QED) is 0.307. The number of fused-ring (bicyclic) bond motifs is 3. The predicted octanol–water partition coefficient (Wildman–Crippen LogP) is 4.58. The summed E-state index contributed by atoms with van der Waals surface area (Å²) in [7, 11) is -3.87. The number of sulfonamides is 1. The van der Waals surface area contributed by atoms with Crippen molar-refractivity contribution in [3.8, 4) is 5.88 Å². The Morgan fingerprint density at radius 2 is 1.85 bits per heavy atom. The Morgan fingerprint density at radius 1 is 1.04 bits per heavy atom. The van der Waals surface area contributed by atoms with Gasteiger partial charge in [0.05, 0.1) is 30.7 Å². The fourth-order valence-electron chi connectivity index (χ4n) is 8.12. The second kappa shape index (κ2) is 15.0. The normalized spacial score (nSPS) is 29.6. The zero-order valence-corrected chi connectivity index (χ0v) is 30.3. The standard InChI is InChI=1S/C39H48N4O8S/c1-2-28-23-39(28,38(47)42-52(48,49)30-15-16-30)41-35(45)33-21-29-24-43(33)37(46)32(26-11-7-5-8-12-26)22-34(44)50-19-9-4-3-6-10-25-13-14-27-17-18-40-36(51-29)31(27)20-25/h2,6,10,13-14,17-18,20,26,28-30,32-33H,1,3-5,7-9,11-12,15-16,19,21-24H2,(H,41,45)(H,42,47)/b10-6+/t28-,29-,32+,33+,39-/m1/s1. The molecule has 5 atom stereocenters. The van der Waals surface area contributed by atoms with Gasteiger partial charge in [-0.25, -0.2) is 13.4 Å². The van der Waals surface area contributed by atoms with Gasteiger partial charge in [0.15, 0.2) is 0 Å². The van der Waals surface area contributed by atoms with Crippen molar-refractivity contribution >= 4 is 50.6 Å². The van der Waals surface area contributed by atoms with E-state index in [0.717, 1.165) is 61.3 Å². The lowest BCUT2D eigenvalue weighted by atomic mass is 9.77. The number of ether oxygens (including phenoxy) is 2. The molecule has 1 aromatic heterocycles. The fourth-order valence-corrected chi connectivity index (χ4v) is 9.49. The highest BCUT2D eigenvalue weighted by Crippen LogP contribution is 2.46. The van der Waals surface area contributed by atoms with Gasteiger partial charge < -0.3 is 19.7 Å². The second-order valence-electron chi connectivity index (χ2n) is 15.1. The van der Waals surface area contributed by atoms with Crippen LogP contribution < -0.4 is 14.8 Å². The molecule has 2 N–H and O–H groups in total. The molecular weight excluding hydrogens is 685 g/mol. The molecule has 13 heteroatoms. The summed E-state index contributed by atoms with van der Waals surface area (Å²) in [6.45, 7) is 4.13. The van der Waals surface area contributed by atoms with Crippen molar-refractivity contribution in [1.29, 1.82) is 0 Å². The molecule has 0 radical (unpaired) electrons. The summed E-state index contributed by atoms with van der Waals surface area (Å²) in [6.07, 6.45) is 14.8. The van der Waals surface area contributed by atoms with Crippen molar-refractivity contribution in [3.05, 3.63) is 54.8 Å². The molecular formula is C39H48N4O8S. The molecule has 2 aromatic rings. The zero-order chi connectivity index (χ0) is 36.5. The highest BCUT2D eigenvalue weighted by molar-refractivity contribution is 7.91. The van der Waals surface area contributed by atoms with E-state index in [0.29, 0.717) is 25.1 Å². The van der Waals surface area contributed by atoms with Gasteiger partial charge in [-0.15, -0.1) is 6.58 Å². The number of benzene rings is 1. The summed E-state index contributed by atoms with van der Waals surface area (Å²) in [5, 5.41) is 3.96. The summed E-state index contributed by atoms with van der Waals surface area (Å²) in [5.74, 6) is -2.99. The number of allylic oxidation sites excluding steroid dienone is 1. The van der Waals surface area contributed by atoms with E-state index in [-0.39, 0.29) is 44.2 Å². The molecule has 3 heterocycles. The number of cyclic esters (lactones) is 1. The highest BCUT2D eigenvalue weighted by atomic mass is 32.2. The van der Waals surface area contributed by atoms with Crippen LogP contribution in [0.5, 0.6) is 5.88 Å². The van der Waals surface area contributed by atoms with E-state index in [1.54, 1.807) is 6.20 Å². The van der Waals surface area contributed by atoms with Crippen LogP contribution in [0.15, 0.2) is 49.2 Å². The monoisotopic (exact) mass is 732 g/mol. The largest absolute Gasteiger partial charge is 0.472 e. The van der Waals surface area contributed by atoms with Gasteiger partial charge in [0.25, 0.3) is 5.91 Å². The van der Waals surface area contributed by atoms with Crippen molar-refractivity contribution in [2.24, 2.45) is 17.8 Å². The first-order valence-corrected chi connectivity index (χ1v) is 20.3. The van der Waals surface area contributed by atoms with Crippen LogP contribution in [0.2, 0.25) is 0 Å². The molecule has 1 aromatic carbocycles. The first-order valence-electron chi connectivity index (χ1n) is 18.8. The fraction of sp³-hybridized carbons (Fsp3) is 0.564. The van der Waals surface area contributed by atoms with E-state index >= 15 is 0 Å². The molecule has 4 fully saturated rings. The molecule has 0 unspecified atom stereocenters. The lowest BCUT2D eigenvalue weighted by molar-refractivity contribution is -0.152. The Hall–Kier alpha value is -4.26.